The summed E-state index contributed by atoms with van der Waals surface area (Å²) < 4.78 is 7.22. The Bertz CT molecular complexity index is 600. The van der Waals surface area contributed by atoms with Crippen LogP contribution < -0.4 is 5.69 Å². The highest BCUT2D eigenvalue weighted by Gasteiger charge is 2.19. The van der Waals surface area contributed by atoms with Gasteiger partial charge in [0.05, 0.1) is 6.33 Å². The summed E-state index contributed by atoms with van der Waals surface area (Å²) in [5.74, 6) is 0. The average Bonchev–Trinajstić information content (AvgIpc) is 2.74. The largest absolute Gasteiger partial charge is 0.381 e. The Morgan fingerprint density at radius 3 is 3.00 bits per heavy atom. The van der Waals surface area contributed by atoms with Crippen LogP contribution in [-0.4, -0.2) is 32.7 Å². The Labute approximate surface area is 102 Å². The van der Waals surface area contributed by atoms with E-state index in [9.17, 15) is 4.79 Å². The standard InChI is InChI=1S/C10H11ClN4O2/c11-8-7-9(14-10(16)13-8)15(5-12-7)6-1-3-17-4-2-6/h5-6H,1-4H2,(H,13,14,16). The fourth-order valence-electron chi connectivity index (χ4n) is 2.13. The Morgan fingerprint density at radius 2 is 2.24 bits per heavy atom. The number of halogens is 1. The molecule has 0 bridgehead atoms. The molecule has 3 rings (SSSR count). The minimum absolute atomic E-state index is 0.241. The van der Waals surface area contributed by atoms with E-state index in [1.54, 1.807) is 6.33 Å². The molecule has 0 unspecified atom stereocenters. The Balaban J connectivity index is 2.13. The molecule has 2 aromatic heterocycles. The molecule has 0 amide bonds. The van der Waals surface area contributed by atoms with Gasteiger partial charge in [-0.3, -0.25) is 4.98 Å². The van der Waals surface area contributed by atoms with E-state index in [2.05, 4.69) is 15.0 Å². The summed E-state index contributed by atoms with van der Waals surface area (Å²) >= 11 is 5.92. The van der Waals surface area contributed by atoms with Gasteiger partial charge in [-0.05, 0) is 12.8 Å². The van der Waals surface area contributed by atoms with Gasteiger partial charge in [0.15, 0.2) is 5.65 Å². The number of hydrogen-bond acceptors (Lipinski definition) is 4. The second-order valence-electron chi connectivity index (χ2n) is 4.02. The molecule has 17 heavy (non-hydrogen) atoms. The van der Waals surface area contributed by atoms with Gasteiger partial charge in [0.25, 0.3) is 0 Å². The third-order valence-corrected chi connectivity index (χ3v) is 3.26. The van der Waals surface area contributed by atoms with Crippen LogP contribution in [-0.2, 0) is 4.74 Å². The number of nitrogens with one attached hydrogen (secondary N) is 1. The SMILES string of the molecule is O=c1nc2c(ncn2C2CCOCC2)c(Cl)[nH]1. The first-order chi connectivity index (χ1) is 8.25. The normalized spacial score (nSPS) is 17.7. The fourth-order valence-corrected chi connectivity index (χ4v) is 2.34. The number of aromatic nitrogens is 4. The van der Waals surface area contributed by atoms with Crippen LogP contribution in [0.4, 0.5) is 0 Å². The molecule has 1 aliphatic heterocycles. The van der Waals surface area contributed by atoms with Crippen molar-refractivity contribution in [1.82, 2.24) is 19.5 Å². The first kappa shape index (κ1) is 10.7. The molecule has 0 atom stereocenters. The molecule has 1 aliphatic rings. The van der Waals surface area contributed by atoms with Crippen LogP contribution in [0.3, 0.4) is 0 Å². The van der Waals surface area contributed by atoms with Gasteiger partial charge in [-0.1, -0.05) is 11.6 Å². The van der Waals surface area contributed by atoms with Crippen LogP contribution in [0.25, 0.3) is 11.2 Å². The lowest BCUT2D eigenvalue weighted by atomic mass is 10.1. The summed E-state index contributed by atoms with van der Waals surface area (Å²) in [6, 6.07) is 0.277. The number of nitrogens with zero attached hydrogens (tertiary/aromatic N) is 3. The molecule has 7 heteroatoms. The molecular weight excluding hydrogens is 244 g/mol. The maximum absolute atomic E-state index is 11.3. The van der Waals surface area contributed by atoms with Crippen LogP contribution in [0.1, 0.15) is 18.9 Å². The lowest BCUT2D eigenvalue weighted by Crippen LogP contribution is -2.20. The highest BCUT2D eigenvalue weighted by molar-refractivity contribution is 6.33. The van der Waals surface area contributed by atoms with Gasteiger partial charge >= 0.3 is 5.69 Å². The summed E-state index contributed by atoms with van der Waals surface area (Å²) in [6.07, 6.45) is 3.49. The van der Waals surface area contributed by atoms with Crippen molar-refractivity contribution in [2.75, 3.05) is 13.2 Å². The Morgan fingerprint density at radius 1 is 1.47 bits per heavy atom. The van der Waals surface area contributed by atoms with Crippen molar-refractivity contribution in [3.8, 4) is 0 Å². The summed E-state index contributed by atoms with van der Waals surface area (Å²) in [5, 5.41) is 0.241. The molecular formula is C10H11ClN4O2. The van der Waals surface area contributed by atoms with E-state index in [1.807, 2.05) is 4.57 Å². The zero-order valence-electron chi connectivity index (χ0n) is 9.02. The first-order valence-corrected chi connectivity index (χ1v) is 5.83. The molecule has 6 nitrogen and oxygen atoms in total. The molecule has 2 aromatic rings. The first-order valence-electron chi connectivity index (χ1n) is 5.46. The van der Waals surface area contributed by atoms with E-state index in [-0.39, 0.29) is 11.2 Å². The number of ether oxygens (including phenoxy) is 1. The van der Waals surface area contributed by atoms with Crippen LogP contribution in [0.15, 0.2) is 11.1 Å². The van der Waals surface area contributed by atoms with Crippen molar-refractivity contribution in [3.05, 3.63) is 22.0 Å². The molecule has 0 spiro atoms. The van der Waals surface area contributed by atoms with Gasteiger partial charge in [-0.25, -0.2) is 9.78 Å². The zero-order chi connectivity index (χ0) is 11.8. The molecule has 90 valence electrons. The topological polar surface area (TPSA) is 72.8 Å². The van der Waals surface area contributed by atoms with Gasteiger partial charge in [-0.15, -0.1) is 0 Å². The van der Waals surface area contributed by atoms with Crippen LogP contribution in [0.5, 0.6) is 0 Å². The molecule has 1 saturated heterocycles. The molecule has 0 radical (unpaired) electrons. The highest BCUT2D eigenvalue weighted by Crippen LogP contribution is 2.25. The van der Waals surface area contributed by atoms with E-state index in [0.29, 0.717) is 11.2 Å². The van der Waals surface area contributed by atoms with Gasteiger partial charge < -0.3 is 9.30 Å². The van der Waals surface area contributed by atoms with Gasteiger partial charge in [0.1, 0.15) is 10.7 Å². The van der Waals surface area contributed by atoms with Crippen molar-refractivity contribution in [2.45, 2.75) is 18.9 Å². The van der Waals surface area contributed by atoms with Gasteiger partial charge in [0, 0.05) is 19.3 Å². The number of rotatable bonds is 1. The van der Waals surface area contributed by atoms with Crippen LogP contribution in [0.2, 0.25) is 5.15 Å². The second kappa shape index (κ2) is 4.12. The smallest absolute Gasteiger partial charge is 0.348 e. The van der Waals surface area contributed by atoms with Crippen molar-refractivity contribution in [1.29, 1.82) is 0 Å². The van der Waals surface area contributed by atoms with Crippen molar-refractivity contribution < 1.29 is 4.74 Å². The Kier molecular flexibility index (Phi) is 2.60. The summed E-state index contributed by atoms with van der Waals surface area (Å²) in [5.41, 5.74) is 0.639. The quantitative estimate of drug-likeness (QED) is 0.774. The van der Waals surface area contributed by atoms with Crippen molar-refractivity contribution >= 4 is 22.8 Å². The number of imidazole rings is 1. The summed E-state index contributed by atoms with van der Waals surface area (Å²) in [4.78, 5) is 21.9. The number of fused-ring (bicyclic) bond motifs is 1. The predicted molar refractivity (Wildman–Crippen MR) is 62.2 cm³/mol. The fraction of sp³-hybridized carbons (Fsp3) is 0.500. The van der Waals surface area contributed by atoms with Crippen LogP contribution >= 0.6 is 11.6 Å². The minimum atomic E-state index is -0.448. The Hall–Kier alpha value is -1.40. The number of H-pyrrole nitrogens is 1. The molecule has 3 heterocycles. The zero-order valence-corrected chi connectivity index (χ0v) is 9.78. The summed E-state index contributed by atoms with van der Waals surface area (Å²) in [7, 11) is 0. The molecule has 1 N–H and O–H groups in total. The third-order valence-electron chi connectivity index (χ3n) is 2.98. The minimum Gasteiger partial charge on any atom is -0.381 e. The van der Waals surface area contributed by atoms with E-state index >= 15 is 0 Å². The molecule has 0 aliphatic carbocycles. The molecule has 0 saturated carbocycles. The van der Waals surface area contributed by atoms with E-state index < -0.39 is 5.69 Å². The average molecular weight is 255 g/mol. The number of aromatic amines is 1. The maximum Gasteiger partial charge on any atom is 0.348 e. The van der Waals surface area contributed by atoms with E-state index in [0.717, 1.165) is 26.1 Å². The van der Waals surface area contributed by atoms with Gasteiger partial charge in [-0.2, -0.15) is 4.98 Å². The molecule has 0 aromatic carbocycles. The van der Waals surface area contributed by atoms with Gasteiger partial charge in [0.2, 0.25) is 0 Å². The lowest BCUT2D eigenvalue weighted by Gasteiger charge is -2.23. The second-order valence-corrected chi connectivity index (χ2v) is 4.40. The van der Waals surface area contributed by atoms with Crippen molar-refractivity contribution in [2.24, 2.45) is 0 Å². The summed E-state index contributed by atoms with van der Waals surface area (Å²) in [6.45, 7) is 1.45. The maximum atomic E-state index is 11.3. The van der Waals surface area contributed by atoms with Crippen molar-refractivity contribution in [3.63, 3.8) is 0 Å². The van der Waals surface area contributed by atoms with Crippen LogP contribution in [0, 0.1) is 0 Å². The molecule has 1 fully saturated rings. The predicted octanol–water partition coefficient (Wildman–Crippen LogP) is 1.12. The van der Waals surface area contributed by atoms with E-state index in [1.165, 1.54) is 0 Å². The number of hydrogen-bond donors (Lipinski definition) is 1. The highest BCUT2D eigenvalue weighted by atomic mass is 35.5. The lowest BCUT2D eigenvalue weighted by molar-refractivity contribution is 0.0704. The van der Waals surface area contributed by atoms with E-state index in [4.69, 9.17) is 16.3 Å². The monoisotopic (exact) mass is 254 g/mol. The third kappa shape index (κ3) is 1.83.